The van der Waals surface area contributed by atoms with Gasteiger partial charge in [0, 0.05) is 37.1 Å². The van der Waals surface area contributed by atoms with Crippen LogP contribution in [-0.2, 0) is 11.8 Å². The summed E-state index contributed by atoms with van der Waals surface area (Å²) < 4.78 is 3.68. The van der Waals surface area contributed by atoms with E-state index in [0.29, 0.717) is 5.56 Å². The van der Waals surface area contributed by atoms with Crippen molar-refractivity contribution in [2.45, 2.75) is 31.6 Å². The molecule has 0 spiro atoms. The molecule has 7 aromatic rings. The lowest BCUT2D eigenvalue weighted by Gasteiger charge is -2.23. The van der Waals surface area contributed by atoms with E-state index in [1.165, 1.54) is 59.1 Å². The smallest absolute Gasteiger partial charge is 0.101 e. The zero-order valence-corrected chi connectivity index (χ0v) is 24.9. The number of nitrogens with zero attached hydrogens (tertiary/aromatic N) is 2. The Balaban J connectivity index is 1.21. The van der Waals surface area contributed by atoms with Gasteiger partial charge in [0.2, 0.25) is 0 Å². The quantitative estimate of drug-likeness (QED) is 0.204. The highest BCUT2D eigenvalue weighted by molar-refractivity contribution is 7.19. The topological polar surface area (TPSA) is 28.7 Å². The number of aromatic nitrogens is 1. The summed E-state index contributed by atoms with van der Waals surface area (Å²) in [5.41, 5.74) is 12.1. The van der Waals surface area contributed by atoms with Gasteiger partial charge in [0.1, 0.15) is 6.07 Å². The predicted octanol–water partition coefficient (Wildman–Crippen LogP) is 10.5. The van der Waals surface area contributed by atoms with Gasteiger partial charge in [-0.25, -0.2) is 0 Å². The SMILES string of the molecule is CC1(C)c2ccccc2-c2cc3c4c(sc3cc21)CC(c1cccc(C#N)c1-n1c2ccccc2c2ccccc21)C=C4. The molecule has 2 heterocycles. The van der Waals surface area contributed by atoms with E-state index in [4.69, 9.17) is 0 Å². The van der Waals surface area contributed by atoms with Crippen LogP contribution in [0.1, 0.15) is 52.5 Å². The summed E-state index contributed by atoms with van der Waals surface area (Å²) in [5, 5.41) is 14.1. The molecule has 0 fully saturated rings. The third-order valence-electron chi connectivity index (χ3n) is 9.80. The van der Waals surface area contributed by atoms with Crippen LogP contribution >= 0.6 is 11.3 Å². The molecule has 2 aromatic heterocycles. The van der Waals surface area contributed by atoms with Crippen LogP contribution in [0.3, 0.4) is 0 Å². The summed E-state index contributed by atoms with van der Waals surface area (Å²) in [7, 11) is 0. The van der Waals surface area contributed by atoms with Crippen molar-refractivity contribution in [3.63, 3.8) is 0 Å². The van der Waals surface area contributed by atoms with Gasteiger partial charge in [0.05, 0.1) is 22.3 Å². The number of thiophene rings is 1. The van der Waals surface area contributed by atoms with Crippen molar-refractivity contribution in [1.82, 2.24) is 4.57 Å². The number of hydrogen-bond acceptors (Lipinski definition) is 2. The number of para-hydroxylation sites is 3. The molecular weight excluding hydrogens is 541 g/mol. The Morgan fingerprint density at radius 3 is 2.26 bits per heavy atom. The van der Waals surface area contributed by atoms with Gasteiger partial charge < -0.3 is 4.57 Å². The number of benzene rings is 5. The maximum Gasteiger partial charge on any atom is 0.101 e. The van der Waals surface area contributed by atoms with Gasteiger partial charge >= 0.3 is 0 Å². The summed E-state index contributed by atoms with van der Waals surface area (Å²) >= 11 is 1.94. The highest BCUT2D eigenvalue weighted by atomic mass is 32.1. The first-order valence-electron chi connectivity index (χ1n) is 14.9. The molecular formula is C40H28N2S. The molecule has 43 heavy (non-hydrogen) atoms. The number of rotatable bonds is 2. The minimum absolute atomic E-state index is 0.00205. The molecule has 3 heteroatoms. The van der Waals surface area contributed by atoms with Crippen molar-refractivity contribution in [2.24, 2.45) is 0 Å². The Bertz CT molecular complexity index is 2320. The Morgan fingerprint density at radius 2 is 1.49 bits per heavy atom. The fourth-order valence-corrected chi connectivity index (χ4v) is 9.02. The van der Waals surface area contributed by atoms with Crippen LogP contribution < -0.4 is 0 Å². The van der Waals surface area contributed by atoms with Crippen LogP contribution in [0.5, 0.6) is 0 Å². The van der Waals surface area contributed by atoms with E-state index < -0.39 is 0 Å². The van der Waals surface area contributed by atoms with Crippen LogP contribution in [0.2, 0.25) is 0 Å². The van der Waals surface area contributed by atoms with Crippen molar-refractivity contribution in [3.05, 3.63) is 142 Å². The highest BCUT2D eigenvalue weighted by Gasteiger charge is 2.36. The van der Waals surface area contributed by atoms with Gasteiger partial charge in [-0.2, -0.15) is 5.26 Å². The molecule has 2 aliphatic carbocycles. The second-order valence-corrected chi connectivity index (χ2v) is 13.5. The number of allylic oxidation sites excluding steroid dienone is 1. The Labute approximate surface area is 254 Å². The highest BCUT2D eigenvalue weighted by Crippen LogP contribution is 2.52. The van der Waals surface area contributed by atoms with Crippen LogP contribution in [0.4, 0.5) is 0 Å². The van der Waals surface area contributed by atoms with Gasteiger partial charge in [-0.15, -0.1) is 11.3 Å². The fraction of sp³-hybridized carbons (Fsp3) is 0.125. The van der Waals surface area contributed by atoms with E-state index in [-0.39, 0.29) is 11.3 Å². The summed E-state index contributed by atoms with van der Waals surface area (Å²) in [5.74, 6) is 0.174. The van der Waals surface area contributed by atoms with Crippen molar-refractivity contribution in [2.75, 3.05) is 0 Å². The Kier molecular flexibility index (Phi) is 5.05. The second kappa shape index (κ2) is 8.80. The van der Waals surface area contributed by atoms with Crippen LogP contribution in [0.15, 0.2) is 109 Å². The molecule has 0 N–H and O–H groups in total. The largest absolute Gasteiger partial charge is 0.308 e. The normalized spacial score (nSPS) is 16.3. The first-order valence-corrected chi connectivity index (χ1v) is 15.8. The van der Waals surface area contributed by atoms with Gasteiger partial charge in [0.25, 0.3) is 0 Å². The predicted molar refractivity (Wildman–Crippen MR) is 180 cm³/mol. The average Bonchev–Trinajstić information content (AvgIpc) is 3.65. The number of hydrogen-bond donors (Lipinski definition) is 0. The summed E-state index contributed by atoms with van der Waals surface area (Å²) in [6.07, 6.45) is 5.64. The minimum Gasteiger partial charge on any atom is -0.308 e. The maximum absolute atomic E-state index is 10.4. The van der Waals surface area contributed by atoms with Crippen LogP contribution in [0.25, 0.3) is 54.8 Å². The van der Waals surface area contributed by atoms with E-state index in [1.807, 2.05) is 23.5 Å². The molecule has 0 saturated heterocycles. The zero-order chi connectivity index (χ0) is 28.9. The van der Waals surface area contributed by atoms with Crippen molar-refractivity contribution in [1.29, 1.82) is 5.26 Å². The lowest BCUT2D eigenvalue weighted by Crippen LogP contribution is -2.14. The Morgan fingerprint density at radius 1 is 0.767 bits per heavy atom. The molecule has 0 radical (unpaired) electrons. The summed E-state index contributed by atoms with van der Waals surface area (Å²) in [6, 6.07) is 39.6. The van der Waals surface area contributed by atoms with E-state index in [1.54, 1.807) is 0 Å². The molecule has 0 bridgehead atoms. The van der Waals surface area contributed by atoms with E-state index in [9.17, 15) is 5.26 Å². The van der Waals surface area contributed by atoms with Crippen molar-refractivity contribution < 1.29 is 0 Å². The molecule has 0 saturated carbocycles. The molecule has 0 aliphatic heterocycles. The third kappa shape index (κ3) is 3.33. The number of fused-ring (bicyclic) bond motifs is 9. The molecule has 9 rings (SSSR count). The Hall–Kier alpha value is -4.91. The first-order chi connectivity index (χ1) is 21.0. The molecule has 5 aromatic carbocycles. The standard InChI is InChI=1S/C40H28N2S/c1-40(2)33-15-6-3-11-27(33)31-21-32-30-19-18-24(20-37(30)43-38(32)22-34(31)40)26-14-9-10-25(23-41)39(26)42-35-16-7-4-12-28(35)29-13-5-8-17-36(29)42/h3-19,21-22,24H,20H2,1-2H3. The minimum atomic E-state index is -0.00205. The third-order valence-corrected chi connectivity index (χ3v) is 11.0. The lowest BCUT2D eigenvalue weighted by molar-refractivity contribution is 0.661. The molecule has 1 unspecified atom stereocenters. The number of nitriles is 1. The van der Waals surface area contributed by atoms with Crippen LogP contribution in [0, 0.1) is 11.3 Å². The van der Waals surface area contributed by atoms with Crippen LogP contribution in [-0.4, -0.2) is 4.57 Å². The molecule has 1 atom stereocenters. The lowest BCUT2D eigenvalue weighted by atomic mass is 9.82. The molecule has 204 valence electrons. The average molecular weight is 569 g/mol. The van der Waals surface area contributed by atoms with Crippen molar-refractivity contribution >= 4 is 49.3 Å². The maximum atomic E-state index is 10.4. The van der Waals surface area contributed by atoms with Gasteiger partial charge in [-0.1, -0.05) is 98.8 Å². The molecule has 2 nitrogen and oxygen atoms in total. The zero-order valence-electron chi connectivity index (χ0n) is 24.1. The van der Waals surface area contributed by atoms with Gasteiger partial charge in [0.15, 0.2) is 0 Å². The van der Waals surface area contributed by atoms with E-state index >= 15 is 0 Å². The second-order valence-electron chi connectivity index (χ2n) is 12.4. The fourth-order valence-electron chi connectivity index (χ4n) is 7.75. The van der Waals surface area contributed by atoms with Gasteiger partial charge in [-0.3, -0.25) is 0 Å². The first kappa shape index (κ1) is 24.7. The van der Waals surface area contributed by atoms with Crippen molar-refractivity contribution in [3.8, 4) is 22.9 Å². The summed E-state index contributed by atoms with van der Waals surface area (Å²) in [4.78, 5) is 1.42. The van der Waals surface area contributed by atoms with E-state index in [2.05, 4.69) is 128 Å². The van der Waals surface area contributed by atoms with Gasteiger partial charge in [-0.05, 0) is 70.1 Å². The van der Waals surface area contributed by atoms with E-state index in [0.717, 1.165) is 23.1 Å². The monoisotopic (exact) mass is 568 g/mol. The molecule has 2 aliphatic rings. The molecule has 0 amide bonds. The summed E-state index contributed by atoms with van der Waals surface area (Å²) in [6.45, 7) is 4.70.